The molecule has 0 radical (unpaired) electrons. The lowest BCUT2D eigenvalue weighted by Crippen LogP contribution is -2.48. The quantitative estimate of drug-likeness (QED) is 0.746. The Hall–Kier alpha value is -1.88. The largest absolute Gasteiger partial charge is 0.396 e. The lowest BCUT2D eigenvalue weighted by atomic mass is 9.86. The van der Waals surface area contributed by atoms with Crippen molar-refractivity contribution < 1.29 is 14.7 Å². The average Bonchev–Trinajstić information content (AvgIpc) is 2.89. The zero-order chi connectivity index (χ0) is 17.0. The molecule has 126 valence electrons. The first-order valence-corrected chi connectivity index (χ1v) is 8.18. The molecule has 0 aromatic heterocycles. The second-order valence-corrected chi connectivity index (χ2v) is 6.96. The molecule has 1 aliphatic carbocycles. The van der Waals surface area contributed by atoms with E-state index in [2.05, 4.69) is 24.5 Å². The van der Waals surface area contributed by atoms with Gasteiger partial charge in [0.2, 0.25) is 0 Å². The summed E-state index contributed by atoms with van der Waals surface area (Å²) in [5.41, 5.74) is 1.38. The highest BCUT2D eigenvalue weighted by molar-refractivity contribution is 6.39. The van der Waals surface area contributed by atoms with Crippen molar-refractivity contribution in [3.8, 4) is 0 Å². The van der Waals surface area contributed by atoms with Gasteiger partial charge >= 0.3 is 11.8 Å². The summed E-state index contributed by atoms with van der Waals surface area (Å²) in [6, 6.07) is 7.34. The van der Waals surface area contributed by atoms with Crippen LogP contribution < -0.4 is 10.6 Å². The van der Waals surface area contributed by atoms with E-state index in [-0.39, 0.29) is 18.1 Å². The number of anilines is 1. The number of rotatable bonds is 4. The third-order valence-corrected chi connectivity index (χ3v) is 4.77. The second-order valence-electron chi connectivity index (χ2n) is 6.96. The monoisotopic (exact) mass is 318 g/mol. The van der Waals surface area contributed by atoms with Crippen LogP contribution in [-0.4, -0.2) is 29.6 Å². The van der Waals surface area contributed by atoms with Crippen molar-refractivity contribution in [3.63, 3.8) is 0 Å². The van der Waals surface area contributed by atoms with E-state index in [9.17, 15) is 14.7 Å². The fourth-order valence-electron chi connectivity index (χ4n) is 3.06. The molecule has 0 spiro atoms. The molecule has 0 bridgehead atoms. The van der Waals surface area contributed by atoms with Gasteiger partial charge in [-0.2, -0.15) is 0 Å². The predicted molar refractivity (Wildman–Crippen MR) is 90.1 cm³/mol. The summed E-state index contributed by atoms with van der Waals surface area (Å²) in [4.78, 5) is 24.2. The summed E-state index contributed by atoms with van der Waals surface area (Å²) in [5.74, 6) is -0.964. The van der Waals surface area contributed by atoms with Crippen molar-refractivity contribution >= 4 is 17.5 Å². The molecule has 23 heavy (non-hydrogen) atoms. The molecule has 5 heteroatoms. The summed E-state index contributed by atoms with van der Waals surface area (Å²) in [6.45, 7) is 6.10. The molecule has 1 aliphatic rings. The zero-order valence-electron chi connectivity index (χ0n) is 14.1. The molecule has 1 aromatic carbocycles. The highest BCUT2D eigenvalue weighted by Crippen LogP contribution is 2.37. The molecule has 0 saturated heterocycles. The minimum absolute atomic E-state index is 0.00992. The molecule has 2 atom stereocenters. The Balaban J connectivity index is 1.98. The van der Waals surface area contributed by atoms with Gasteiger partial charge in [0.15, 0.2) is 0 Å². The molecule has 0 aliphatic heterocycles. The summed E-state index contributed by atoms with van der Waals surface area (Å²) >= 11 is 0. The summed E-state index contributed by atoms with van der Waals surface area (Å²) < 4.78 is 0. The van der Waals surface area contributed by atoms with Crippen molar-refractivity contribution in [2.24, 2.45) is 5.41 Å². The summed E-state index contributed by atoms with van der Waals surface area (Å²) in [5, 5.41) is 14.9. The van der Waals surface area contributed by atoms with E-state index in [1.807, 2.05) is 25.1 Å². The Bertz CT molecular complexity index is 585. The highest BCUT2D eigenvalue weighted by atomic mass is 16.3. The van der Waals surface area contributed by atoms with Gasteiger partial charge in [-0.1, -0.05) is 39.3 Å². The van der Waals surface area contributed by atoms with Gasteiger partial charge in [-0.3, -0.25) is 9.59 Å². The molecule has 2 amide bonds. The first-order valence-electron chi connectivity index (χ1n) is 8.18. The first-order chi connectivity index (χ1) is 10.9. The maximum atomic E-state index is 12.1. The number of amides is 2. The van der Waals surface area contributed by atoms with Gasteiger partial charge in [0, 0.05) is 17.1 Å². The van der Waals surface area contributed by atoms with Crippen molar-refractivity contribution in [3.05, 3.63) is 29.8 Å². The molecular weight excluding hydrogens is 292 g/mol. The van der Waals surface area contributed by atoms with Gasteiger partial charge in [0.1, 0.15) is 0 Å². The average molecular weight is 318 g/mol. The molecular formula is C18H26N2O3. The molecule has 2 rings (SSSR count). The van der Waals surface area contributed by atoms with Crippen LogP contribution in [0, 0.1) is 5.41 Å². The van der Waals surface area contributed by atoms with E-state index in [1.165, 1.54) is 0 Å². The van der Waals surface area contributed by atoms with Crippen molar-refractivity contribution in [2.75, 3.05) is 11.9 Å². The highest BCUT2D eigenvalue weighted by Gasteiger charge is 2.39. The van der Waals surface area contributed by atoms with Gasteiger partial charge in [-0.25, -0.2) is 0 Å². The molecule has 1 fully saturated rings. The predicted octanol–water partition coefficient (Wildman–Crippen LogP) is 2.42. The number of aliphatic hydroxyl groups excluding tert-OH is 1. The Labute approximate surface area is 137 Å². The summed E-state index contributed by atoms with van der Waals surface area (Å²) in [7, 11) is 0. The second kappa shape index (κ2) is 7.13. The van der Waals surface area contributed by atoms with Gasteiger partial charge < -0.3 is 15.7 Å². The van der Waals surface area contributed by atoms with Crippen LogP contribution in [0.15, 0.2) is 24.3 Å². The van der Waals surface area contributed by atoms with Crippen molar-refractivity contribution in [1.29, 1.82) is 0 Å². The number of carbonyl (C=O) groups is 2. The third kappa shape index (κ3) is 4.10. The van der Waals surface area contributed by atoms with E-state index in [4.69, 9.17) is 0 Å². The lowest BCUT2D eigenvalue weighted by molar-refractivity contribution is -0.137. The Morgan fingerprint density at radius 1 is 1.35 bits per heavy atom. The molecule has 3 N–H and O–H groups in total. The summed E-state index contributed by atoms with van der Waals surface area (Å²) in [6.07, 6.45) is 2.59. The van der Waals surface area contributed by atoms with E-state index < -0.39 is 11.8 Å². The maximum Gasteiger partial charge on any atom is 0.313 e. The SMILES string of the molecule is CC(C)c1cccc(NC(=O)C(=O)NC2CCCC2(C)CO)c1. The number of benzene rings is 1. The van der Waals surface area contributed by atoms with Gasteiger partial charge in [-0.15, -0.1) is 0 Å². The third-order valence-electron chi connectivity index (χ3n) is 4.77. The van der Waals surface area contributed by atoms with Crippen LogP contribution in [0.3, 0.4) is 0 Å². The standard InChI is InChI=1S/C18H26N2O3/c1-12(2)13-6-4-7-14(10-13)19-16(22)17(23)20-15-8-5-9-18(15,3)11-21/h4,6-7,10,12,15,21H,5,8-9,11H2,1-3H3,(H,19,22)(H,20,23). The zero-order valence-corrected chi connectivity index (χ0v) is 14.1. The maximum absolute atomic E-state index is 12.1. The molecule has 1 saturated carbocycles. The van der Waals surface area contributed by atoms with Crippen LogP contribution in [0.4, 0.5) is 5.69 Å². The lowest BCUT2D eigenvalue weighted by Gasteiger charge is -2.29. The van der Waals surface area contributed by atoms with E-state index >= 15 is 0 Å². The van der Waals surface area contributed by atoms with Crippen LogP contribution in [0.2, 0.25) is 0 Å². The smallest absolute Gasteiger partial charge is 0.313 e. The fraction of sp³-hybridized carbons (Fsp3) is 0.556. The Morgan fingerprint density at radius 2 is 2.09 bits per heavy atom. The minimum Gasteiger partial charge on any atom is -0.396 e. The first kappa shape index (κ1) is 17.5. The number of carbonyl (C=O) groups excluding carboxylic acids is 2. The van der Waals surface area contributed by atoms with Crippen molar-refractivity contribution in [2.45, 2.75) is 52.0 Å². The number of hydrogen-bond donors (Lipinski definition) is 3. The molecule has 5 nitrogen and oxygen atoms in total. The Morgan fingerprint density at radius 3 is 2.74 bits per heavy atom. The van der Waals surface area contributed by atoms with Gasteiger partial charge in [-0.05, 0) is 36.5 Å². The number of aliphatic hydroxyl groups is 1. The Kier molecular flexibility index (Phi) is 5.42. The van der Waals surface area contributed by atoms with E-state index in [0.717, 1.165) is 24.8 Å². The van der Waals surface area contributed by atoms with Crippen LogP contribution in [0.5, 0.6) is 0 Å². The molecule has 0 heterocycles. The topological polar surface area (TPSA) is 78.4 Å². The van der Waals surface area contributed by atoms with E-state index in [0.29, 0.717) is 11.6 Å². The van der Waals surface area contributed by atoms with Gasteiger partial charge in [0.25, 0.3) is 0 Å². The molecule has 1 aromatic rings. The minimum atomic E-state index is -0.668. The molecule has 2 unspecified atom stereocenters. The van der Waals surface area contributed by atoms with Crippen molar-refractivity contribution in [1.82, 2.24) is 5.32 Å². The van der Waals surface area contributed by atoms with E-state index in [1.54, 1.807) is 6.07 Å². The fourth-order valence-corrected chi connectivity index (χ4v) is 3.06. The van der Waals surface area contributed by atoms with Gasteiger partial charge in [0.05, 0.1) is 6.61 Å². The number of hydrogen-bond acceptors (Lipinski definition) is 3. The van der Waals surface area contributed by atoms with Crippen LogP contribution in [0.25, 0.3) is 0 Å². The normalized spacial score (nSPS) is 23.8. The van der Waals surface area contributed by atoms with Crippen LogP contribution in [-0.2, 0) is 9.59 Å². The van der Waals surface area contributed by atoms with Crippen LogP contribution >= 0.6 is 0 Å². The van der Waals surface area contributed by atoms with Crippen LogP contribution in [0.1, 0.15) is 51.5 Å². The number of nitrogens with one attached hydrogen (secondary N) is 2.